The summed E-state index contributed by atoms with van der Waals surface area (Å²) < 4.78 is 21.9. The van der Waals surface area contributed by atoms with Gasteiger partial charge in [-0.1, -0.05) is 6.07 Å². The number of ether oxygens (including phenoxy) is 1. The van der Waals surface area contributed by atoms with E-state index < -0.39 is 29.5 Å². The van der Waals surface area contributed by atoms with Crippen LogP contribution in [0, 0.1) is 17.1 Å². The van der Waals surface area contributed by atoms with Gasteiger partial charge in [0.1, 0.15) is 11.4 Å². The first-order chi connectivity index (χ1) is 18.1. The number of aliphatic hydroxyl groups excluding tert-OH is 1. The summed E-state index contributed by atoms with van der Waals surface area (Å²) in [5.41, 5.74) is 0.0653. The van der Waals surface area contributed by atoms with E-state index >= 15 is 0 Å². The van der Waals surface area contributed by atoms with Crippen LogP contribution in [-0.2, 0) is 11.3 Å². The van der Waals surface area contributed by atoms with Crippen LogP contribution < -0.4 is 4.90 Å². The van der Waals surface area contributed by atoms with E-state index in [1.807, 2.05) is 11.0 Å². The zero-order valence-corrected chi connectivity index (χ0v) is 21.3. The summed E-state index contributed by atoms with van der Waals surface area (Å²) in [6.45, 7) is 6.08. The third kappa shape index (κ3) is 4.70. The van der Waals surface area contributed by atoms with E-state index in [2.05, 4.69) is 10.1 Å². The number of β-amino-alcohol motifs (C(OH)–C–C–N with tert-alkyl or cyclic N) is 1. The molecule has 1 unspecified atom stereocenters. The first-order valence-corrected chi connectivity index (χ1v) is 12.3. The molecule has 0 bridgehead atoms. The number of hydrogen-bond donors (Lipinski definition) is 1. The number of nitriles is 1. The van der Waals surface area contributed by atoms with Gasteiger partial charge in [0.15, 0.2) is 5.82 Å². The highest BCUT2D eigenvalue weighted by molar-refractivity contribution is 6.08. The van der Waals surface area contributed by atoms with E-state index in [-0.39, 0.29) is 40.3 Å². The Kier molecular flexibility index (Phi) is 6.36. The Balaban J connectivity index is 1.63. The molecule has 196 valence electrons. The number of fused-ring (bicyclic) bond motifs is 1. The molecule has 11 heteroatoms. The molecule has 38 heavy (non-hydrogen) atoms. The fourth-order valence-electron chi connectivity index (χ4n) is 4.72. The second kappa shape index (κ2) is 9.54. The van der Waals surface area contributed by atoms with Crippen LogP contribution in [0.5, 0.6) is 0 Å². The average molecular weight is 519 g/mol. The van der Waals surface area contributed by atoms with Crippen molar-refractivity contribution < 1.29 is 23.8 Å². The third-order valence-corrected chi connectivity index (χ3v) is 6.39. The van der Waals surface area contributed by atoms with E-state index in [4.69, 9.17) is 4.74 Å². The Labute approximate surface area is 218 Å². The summed E-state index contributed by atoms with van der Waals surface area (Å²) in [6.07, 6.45) is 1.92. The van der Waals surface area contributed by atoms with Gasteiger partial charge in [-0.15, -0.1) is 0 Å². The SMILES string of the molecule is CC(C)(C)OC(=O)N1Cc2nc(-c3c(F)cccc3C#N)cc(-n3ccc(N4CCCC(O)C4)n3)c2C1=O. The van der Waals surface area contributed by atoms with Gasteiger partial charge >= 0.3 is 6.09 Å². The van der Waals surface area contributed by atoms with Gasteiger partial charge in [0.05, 0.1) is 52.5 Å². The van der Waals surface area contributed by atoms with Crippen molar-refractivity contribution in [2.45, 2.75) is 51.9 Å². The van der Waals surface area contributed by atoms with E-state index in [1.54, 1.807) is 33.0 Å². The number of carbonyl (C=O) groups excluding carboxylic acids is 2. The molecule has 1 saturated heterocycles. The predicted molar refractivity (Wildman–Crippen MR) is 135 cm³/mol. The number of aromatic nitrogens is 3. The molecule has 4 heterocycles. The van der Waals surface area contributed by atoms with Gasteiger partial charge in [0, 0.05) is 25.4 Å². The first-order valence-electron chi connectivity index (χ1n) is 12.3. The number of halogens is 1. The number of anilines is 1. The molecule has 0 aliphatic carbocycles. The molecule has 2 aliphatic rings. The van der Waals surface area contributed by atoms with Gasteiger partial charge < -0.3 is 14.7 Å². The summed E-state index contributed by atoms with van der Waals surface area (Å²) in [6, 6.07) is 9.40. The number of rotatable bonds is 3. The molecule has 0 radical (unpaired) electrons. The smallest absolute Gasteiger partial charge is 0.417 e. The van der Waals surface area contributed by atoms with Gasteiger partial charge in [-0.2, -0.15) is 10.4 Å². The molecular formula is C27H27FN6O4. The molecule has 0 saturated carbocycles. The normalized spacial score (nSPS) is 17.4. The monoisotopic (exact) mass is 518 g/mol. The van der Waals surface area contributed by atoms with Gasteiger partial charge in [-0.25, -0.2) is 23.8 Å². The van der Waals surface area contributed by atoms with Crippen LogP contribution in [0.25, 0.3) is 16.9 Å². The number of amides is 2. The second-order valence-electron chi connectivity index (χ2n) is 10.4. The van der Waals surface area contributed by atoms with Crippen molar-refractivity contribution >= 4 is 17.8 Å². The number of nitrogens with zero attached hydrogens (tertiary/aromatic N) is 6. The maximum Gasteiger partial charge on any atom is 0.417 e. The zero-order valence-electron chi connectivity index (χ0n) is 21.3. The quantitative estimate of drug-likeness (QED) is 0.555. The Morgan fingerprint density at radius 2 is 2.05 bits per heavy atom. The van der Waals surface area contributed by atoms with Crippen LogP contribution in [-0.4, -0.2) is 61.6 Å². The summed E-state index contributed by atoms with van der Waals surface area (Å²) in [5.74, 6) is -0.643. The molecule has 1 atom stereocenters. The zero-order chi connectivity index (χ0) is 27.2. The fraction of sp³-hybridized carbons (Fsp3) is 0.370. The van der Waals surface area contributed by atoms with Crippen molar-refractivity contribution in [3.8, 4) is 23.0 Å². The maximum atomic E-state index is 15.0. The van der Waals surface area contributed by atoms with Crippen LogP contribution in [0.2, 0.25) is 0 Å². The van der Waals surface area contributed by atoms with Crippen LogP contribution in [0.15, 0.2) is 36.5 Å². The molecule has 10 nitrogen and oxygen atoms in total. The lowest BCUT2D eigenvalue weighted by atomic mass is 10.0. The minimum atomic E-state index is -0.821. The number of aliphatic hydroxyl groups is 1. The number of pyridine rings is 1. The van der Waals surface area contributed by atoms with Crippen molar-refractivity contribution in [2.75, 3.05) is 18.0 Å². The highest BCUT2D eigenvalue weighted by Crippen LogP contribution is 2.34. The standard InChI is InChI=1S/C27H27FN6O4/c1-27(2,3)38-26(37)33-15-20-24(25(33)36)21(12-19(30-20)23-16(13-29)6-4-8-18(23)28)34-11-9-22(31-34)32-10-5-7-17(35)14-32/h4,6,8-9,11-12,17,35H,5,7,10,14-15H2,1-3H3. The van der Waals surface area contributed by atoms with Gasteiger partial charge in [0.2, 0.25) is 0 Å². The van der Waals surface area contributed by atoms with E-state index in [1.165, 1.54) is 28.9 Å². The number of carbonyl (C=O) groups is 2. The first kappa shape index (κ1) is 25.4. The summed E-state index contributed by atoms with van der Waals surface area (Å²) in [5, 5.41) is 24.3. The molecule has 2 amide bonds. The Morgan fingerprint density at radius 1 is 1.26 bits per heavy atom. The predicted octanol–water partition coefficient (Wildman–Crippen LogP) is 3.80. The van der Waals surface area contributed by atoms with Gasteiger partial charge in [-0.3, -0.25) is 4.79 Å². The van der Waals surface area contributed by atoms with E-state index in [0.717, 1.165) is 24.3 Å². The number of imide groups is 1. The lowest BCUT2D eigenvalue weighted by molar-refractivity contribution is 0.0247. The second-order valence-corrected chi connectivity index (χ2v) is 10.4. The van der Waals surface area contributed by atoms with Crippen LogP contribution in [0.3, 0.4) is 0 Å². The Bertz CT molecular complexity index is 1470. The van der Waals surface area contributed by atoms with Gasteiger partial charge in [-0.05, 0) is 51.8 Å². The summed E-state index contributed by atoms with van der Waals surface area (Å²) >= 11 is 0. The summed E-state index contributed by atoms with van der Waals surface area (Å²) in [7, 11) is 0. The molecular weight excluding hydrogens is 491 g/mol. The van der Waals surface area contributed by atoms with Crippen molar-refractivity contribution in [1.82, 2.24) is 19.7 Å². The minimum absolute atomic E-state index is 0.00579. The van der Waals surface area contributed by atoms with Crippen LogP contribution >= 0.6 is 0 Å². The van der Waals surface area contributed by atoms with E-state index in [0.29, 0.717) is 12.4 Å². The Hall–Kier alpha value is -4.30. The molecule has 0 spiro atoms. The number of piperidine rings is 1. The van der Waals surface area contributed by atoms with Crippen molar-refractivity contribution in [1.29, 1.82) is 5.26 Å². The number of benzene rings is 1. The van der Waals surface area contributed by atoms with E-state index in [9.17, 15) is 24.3 Å². The summed E-state index contributed by atoms with van der Waals surface area (Å²) in [4.78, 5) is 33.7. The van der Waals surface area contributed by atoms with Crippen molar-refractivity contribution in [3.05, 3.63) is 59.2 Å². The van der Waals surface area contributed by atoms with Gasteiger partial charge in [0.25, 0.3) is 5.91 Å². The highest BCUT2D eigenvalue weighted by Gasteiger charge is 2.39. The largest absolute Gasteiger partial charge is 0.443 e. The average Bonchev–Trinajstić information content (AvgIpc) is 3.48. The molecule has 1 aromatic carbocycles. The maximum absolute atomic E-state index is 15.0. The lowest BCUT2D eigenvalue weighted by Gasteiger charge is -2.29. The molecule has 3 aromatic rings. The topological polar surface area (TPSA) is 125 Å². The van der Waals surface area contributed by atoms with Crippen molar-refractivity contribution in [2.24, 2.45) is 0 Å². The minimum Gasteiger partial charge on any atom is -0.443 e. The van der Waals surface area contributed by atoms with Crippen LogP contribution in [0.4, 0.5) is 15.0 Å². The van der Waals surface area contributed by atoms with Crippen LogP contribution in [0.1, 0.15) is 55.2 Å². The number of hydrogen-bond acceptors (Lipinski definition) is 8. The molecule has 2 aliphatic heterocycles. The molecule has 5 rings (SSSR count). The molecule has 2 aromatic heterocycles. The lowest BCUT2D eigenvalue weighted by Crippen LogP contribution is -2.38. The molecule has 1 fully saturated rings. The van der Waals surface area contributed by atoms with Crippen molar-refractivity contribution in [3.63, 3.8) is 0 Å². The fourth-order valence-corrected chi connectivity index (χ4v) is 4.72. The molecule has 1 N–H and O–H groups in total. The third-order valence-electron chi connectivity index (χ3n) is 6.39. The highest BCUT2D eigenvalue weighted by atomic mass is 19.1. The Morgan fingerprint density at radius 3 is 2.76 bits per heavy atom.